The van der Waals surface area contributed by atoms with Gasteiger partial charge in [-0.2, -0.15) is 0 Å². The second-order valence-corrected chi connectivity index (χ2v) is 6.63. The summed E-state index contributed by atoms with van der Waals surface area (Å²) in [6.45, 7) is 6.98. The summed E-state index contributed by atoms with van der Waals surface area (Å²) in [6, 6.07) is 10.5. The second kappa shape index (κ2) is 6.50. The van der Waals surface area contributed by atoms with E-state index in [0.717, 1.165) is 36.0 Å². The standard InChI is InChI=1S/C17H21N3OS/c1-12(2)20-7-8-21-15-6-5-14(10-13(15)11-20)19-17(18)16-4-3-9-22-16/h3-6,9-10,12H,7-8,11H2,1-2H3,(H2,18,19). The van der Waals surface area contributed by atoms with E-state index in [1.54, 1.807) is 11.3 Å². The normalized spacial score (nSPS) is 16.2. The van der Waals surface area contributed by atoms with Crippen LogP contribution >= 0.6 is 11.3 Å². The van der Waals surface area contributed by atoms with E-state index in [-0.39, 0.29) is 0 Å². The molecule has 1 aliphatic heterocycles. The Balaban J connectivity index is 1.88. The van der Waals surface area contributed by atoms with E-state index in [2.05, 4.69) is 29.8 Å². The molecule has 0 bridgehead atoms. The molecule has 0 aliphatic carbocycles. The Morgan fingerprint density at radius 1 is 1.36 bits per heavy atom. The second-order valence-electron chi connectivity index (χ2n) is 5.68. The zero-order valence-corrected chi connectivity index (χ0v) is 13.8. The fraction of sp³-hybridized carbons (Fsp3) is 0.353. The largest absolute Gasteiger partial charge is 0.492 e. The first kappa shape index (κ1) is 15.1. The van der Waals surface area contributed by atoms with Crippen LogP contribution in [0.25, 0.3) is 0 Å². The van der Waals surface area contributed by atoms with Gasteiger partial charge in [-0.1, -0.05) is 6.07 Å². The molecular weight excluding hydrogens is 294 g/mol. The van der Waals surface area contributed by atoms with Crippen LogP contribution in [0.3, 0.4) is 0 Å². The molecular formula is C17H21N3OS. The highest BCUT2D eigenvalue weighted by molar-refractivity contribution is 7.12. The first-order chi connectivity index (χ1) is 10.6. The zero-order valence-electron chi connectivity index (χ0n) is 13.0. The van der Waals surface area contributed by atoms with Crippen molar-refractivity contribution < 1.29 is 4.74 Å². The average molecular weight is 315 g/mol. The van der Waals surface area contributed by atoms with Crippen LogP contribution in [-0.2, 0) is 6.54 Å². The van der Waals surface area contributed by atoms with Gasteiger partial charge in [-0.15, -0.1) is 11.3 Å². The number of benzene rings is 1. The molecule has 0 radical (unpaired) electrons. The molecule has 5 heteroatoms. The van der Waals surface area contributed by atoms with Gasteiger partial charge >= 0.3 is 0 Å². The maximum atomic E-state index is 6.07. The predicted molar refractivity (Wildman–Crippen MR) is 92.2 cm³/mol. The third-order valence-corrected chi connectivity index (χ3v) is 4.70. The van der Waals surface area contributed by atoms with Crippen molar-refractivity contribution in [3.8, 4) is 5.75 Å². The lowest BCUT2D eigenvalue weighted by Crippen LogP contribution is -2.32. The molecule has 2 heterocycles. The van der Waals surface area contributed by atoms with Crippen LogP contribution in [0.15, 0.2) is 40.7 Å². The number of ether oxygens (including phenoxy) is 1. The van der Waals surface area contributed by atoms with E-state index >= 15 is 0 Å². The third kappa shape index (κ3) is 3.31. The summed E-state index contributed by atoms with van der Waals surface area (Å²) in [6.07, 6.45) is 0. The van der Waals surface area contributed by atoms with Gasteiger partial charge in [0.2, 0.25) is 0 Å². The Kier molecular flexibility index (Phi) is 4.45. The minimum absolute atomic E-state index is 0.498. The van der Waals surface area contributed by atoms with E-state index in [9.17, 15) is 0 Å². The summed E-state index contributed by atoms with van der Waals surface area (Å²) >= 11 is 1.60. The monoisotopic (exact) mass is 315 g/mol. The minimum Gasteiger partial charge on any atom is -0.492 e. The summed E-state index contributed by atoms with van der Waals surface area (Å²) in [7, 11) is 0. The molecule has 2 aromatic rings. The van der Waals surface area contributed by atoms with Gasteiger partial charge in [-0.05, 0) is 43.5 Å². The topological polar surface area (TPSA) is 50.8 Å². The van der Waals surface area contributed by atoms with Crippen molar-refractivity contribution in [3.05, 3.63) is 46.2 Å². The zero-order chi connectivity index (χ0) is 15.5. The molecule has 0 fully saturated rings. The van der Waals surface area contributed by atoms with Gasteiger partial charge in [0, 0.05) is 24.7 Å². The molecule has 0 atom stereocenters. The fourth-order valence-electron chi connectivity index (χ4n) is 2.53. The molecule has 116 valence electrons. The van der Waals surface area contributed by atoms with Crippen molar-refractivity contribution in [2.45, 2.75) is 26.4 Å². The number of nitrogens with two attached hydrogens (primary N) is 1. The van der Waals surface area contributed by atoms with Crippen LogP contribution in [0.5, 0.6) is 5.75 Å². The number of fused-ring (bicyclic) bond motifs is 1. The first-order valence-electron chi connectivity index (χ1n) is 7.51. The summed E-state index contributed by atoms with van der Waals surface area (Å²) < 4.78 is 5.84. The lowest BCUT2D eigenvalue weighted by Gasteiger charge is -2.23. The molecule has 1 aliphatic rings. The molecule has 1 aromatic carbocycles. The van der Waals surface area contributed by atoms with Crippen LogP contribution in [0, 0.1) is 0 Å². The van der Waals surface area contributed by atoms with E-state index in [1.165, 1.54) is 5.56 Å². The van der Waals surface area contributed by atoms with Gasteiger partial charge in [-0.25, -0.2) is 4.99 Å². The number of aliphatic imine (C=N–C) groups is 1. The Morgan fingerprint density at radius 3 is 2.95 bits per heavy atom. The Labute approximate surface area is 135 Å². The lowest BCUT2D eigenvalue weighted by molar-refractivity contribution is 0.189. The molecule has 4 nitrogen and oxygen atoms in total. The van der Waals surface area contributed by atoms with E-state index in [0.29, 0.717) is 11.9 Å². The molecule has 2 N–H and O–H groups in total. The molecule has 1 aromatic heterocycles. The van der Waals surface area contributed by atoms with Crippen molar-refractivity contribution in [2.75, 3.05) is 13.2 Å². The van der Waals surface area contributed by atoms with Crippen LogP contribution in [0.4, 0.5) is 5.69 Å². The van der Waals surface area contributed by atoms with Crippen LogP contribution in [0.1, 0.15) is 24.3 Å². The molecule has 0 spiro atoms. The Morgan fingerprint density at radius 2 is 2.23 bits per heavy atom. The molecule has 0 amide bonds. The van der Waals surface area contributed by atoms with Crippen LogP contribution in [-0.4, -0.2) is 29.9 Å². The number of nitrogens with zero attached hydrogens (tertiary/aromatic N) is 2. The first-order valence-corrected chi connectivity index (χ1v) is 8.39. The number of amidine groups is 1. The number of thiophene rings is 1. The number of rotatable bonds is 3. The average Bonchev–Trinajstić information content (AvgIpc) is 2.94. The number of hydrogen-bond acceptors (Lipinski definition) is 4. The predicted octanol–water partition coefficient (Wildman–Crippen LogP) is 3.39. The van der Waals surface area contributed by atoms with Gasteiger partial charge in [0.15, 0.2) is 0 Å². The summed E-state index contributed by atoms with van der Waals surface area (Å²) in [5.41, 5.74) is 8.12. The SMILES string of the molecule is CC(C)N1CCOc2ccc(N=C(N)c3cccs3)cc2C1. The highest BCUT2D eigenvalue weighted by Crippen LogP contribution is 2.28. The van der Waals surface area contributed by atoms with Gasteiger partial charge < -0.3 is 10.5 Å². The molecule has 0 saturated carbocycles. The Bertz CT molecular complexity index is 665. The summed E-state index contributed by atoms with van der Waals surface area (Å²) in [4.78, 5) is 7.94. The highest BCUT2D eigenvalue weighted by Gasteiger charge is 2.17. The maximum Gasteiger partial charge on any atom is 0.141 e. The quantitative estimate of drug-likeness (QED) is 0.698. The van der Waals surface area contributed by atoms with Gasteiger partial charge in [0.25, 0.3) is 0 Å². The van der Waals surface area contributed by atoms with Crippen molar-refractivity contribution in [1.82, 2.24) is 4.90 Å². The maximum absolute atomic E-state index is 6.07. The van der Waals surface area contributed by atoms with E-state index in [1.807, 2.05) is 29.6 Å². The van der Waals surface area contributed by atoms with Crippen molar-refractivity contribution in [1.29, 1.82) is 0 Å². The lowest BCUT2D eigenvalue weighted by atomic mass is 10.1. The molecule has 22 heavy (non-hydrogen) atoms. The fourth-order valence-corrected chi connectivity index (χ4v) is 3.16. The summed E-state index contributed by atoms with van der Waals surface area (Å²) in [5.74, 6) is 1.52. The van der Waals surface area contributed by atoms with E-state index in [4.69, 9.17) is 10.5 Å². The third-order valence-electron chi connectivity index (χ3n) is 3.81. The smallest absolute Gasteiger partial charge is 0.141 e. The number of hydrogen-bond donors (Lipinski definition) is 1. The van der Waals surface area contributed by atoms with Crippen molar-refractivity contribution in [3.63, 3.8) is 0 Å². The minimum atomic E-state index is 0.498. The van der Waals surface area contributed by atoms with Gasteiger partial charge in [0.1, 0.15) is 18.2 Å². The highest BCUT2D eigenvalue weighted by atomic mass is 32.1. The van der Waals surface area contributed by atoms with Gasteiger partial charge in [0.05, 0.1) is 10.6 Å². The van der Waals surface area contributed by atoms with Crippen LogP contribution in [0.2, 0.25) is 0 Å². The van der Waals surface area contributed by atoms with Crippen molar-refractivity contribution in [2.24, 2.45) is 10.7 Å². The van der Waals surface area contributed by atoms with Crippen molar-refractivity contribution >= 4 is 22.9 Å². The molecule has 3 rings (SSSR count). The Hall–Kier alpha value is -1.85. The molecule has 0 unspecified atom stereocenters. The van der Waals surface area contributed by atoms with E-state index < -0.39 is 0 Å². The summed E-state index contributed by atoms with van der Waals surface area (Å²) in [5, 5.41) is 2.00. The van der Waals surface area contributed by atoms with Crippen LogP contribution < -0.4 is 10.5 Å². The van der Waals surface area contributed by atoms with Gasteiger partial charge in [-0.3, -0.25) is 4.90 Å². The molecule has 0 saturated heterocycles.